The Balaban J connectivity index is 2.41. The van der Waals surface area contributed by atoms with E-state index in [0.717, 1.165) is 12.1 Å². The largest absolute Gasteiger partial charge is 0.498 e. The predicted octanol–water partition coefficient (Wildman–Crippen LogP) is 1.85. The SMILES string of the molecule is CC1(C)OB(c2cc(F)cc(N)c2F)OC1(C)C. The van der Waals surface area contributed by atoms with Gasteiger partial charge < -0.3 is 15.0 Å². The van der Waals surface area contributed by atoms with Crippen LogP contribution in [0, 0.1) is 11.6 Å². The van der Waals surface area contributed by atoms with Crippen LogP contribution in [0.1, 0.15) is 27.7 Å². The van der Waals surface area contributed by atoms with E-state index in [1.165, 1.54) is 0 Å². The van der Waals surface area contributed by atoms with Crippen LogP contribution in [0.25, 0.3) is 0 Å². The molecule has 18 heavy (non-hydrogen) atoms. The zero-order chi connectivity index (χ0) is 13.7. The average molecular weight is 255 g/mol. The molecule has 0 radical (unpaired) electrons. The number of nitrogen functional groups attached to an aromatic ring is 1. The molecule has 0 bridgehead atoms. The van der Waals surface area contributed by atoms with Gasteiger partial charge in [-0.2, -0.15) is 0 Å². The quantitative estimate of drug-likeness (QED) is 0.615. The zero-order valence-corrected chi connectivity index (χ0v) is 10.9. The summed E-state index contributed by atoms with van der Waals surface area (Å²) in [5, 5.41) is 0. The van der Waals surface area contributed by atoms with E-state index in [2.05, 4.69) is 0 Å². The number of nitrogens with two attached hydrogens (primary N) is 1. The van der Waals surface area contributed by atoms with E-state index < -0.39 is 30.0 Å². The number of anilines is 1. The van der Waals surface area contributed by atoms with Gasteiger partial charge in [0.2, 0.25) is 0 Å². The van der Waals surface area contributed by atoms with Crippen molar-refractivity contribution >= 4 is 18.3 Å². The molecule has 1 aromatic rings. The summed E-state index contributed by atoms with van der Waals surface area (Å²) in [6.45, 7) is 7.36. The van der Waals surface area contributed by atoms with Crippen molar-refractivity contribution in [2.45, 2.75) is 38.9 Å². The normalized spacial score (nSPS) is 21.3. The zero-order valence-electron chi connectivity index (χ0n) is 10.9. The number of rotatable bonds is 1. The van der Waals surface area contributed by atoms with Crippen LogP contribution in [0.5, 0.6) is 0 Å². The molecule has 98 valence electrons. The fourth-order valence-electron chi connectivity index (χ4n) is 1.77. The Hall–Kier alpha value is -1.14. The lowest BCUT2D eigenvalue weighted by molar-refractivity contribution is 0.00578. The van der Waals surface area contributed by atoms with Crippen LogP contribution >= 0.6 is 0 Å². The molecule has 1 aliphatic rings. The number of hydrogen-bond acceptors (Lipinski definition) is 3. The summed E-state index contributed by atoms with van der Waals surface area (Å²) in [6.07, 6.45) is 0. The highest BCUT2D eigenvalue weighted by Gasteiger charge is 2.52. The van der Waals surface area contributed by atoms with Crippen LogP contribution in [0.15, 0.2) is 12.1 Å². The predicted molar refractivity (Wildman–Crippen MR) is 66.5 cm³/mol. The van der Waals surface area contributed by atoms with Crippen LogP contribution < -0.4 is 11.2 Å². The Morgan fingerprint density at radius 1 is 1.06 bits per heavy atom. The van der Waals surface area contributed by atoms with Crippen molar-refractivity contribution in [1.82, 2.24) is 0 Å². The van der Waals surface area contributed by atoms with Gasteiger partial charge in [0, 0.05) is 5.46 Å². The monoisotopic (exact) mass is 255 g/mol. The van der Waals surface area contributed by atoms with Gasteiger partial charge >= 0.3 is 7.12 Å². The first-order valence-electron chi connectivity index (χ1n) is 5.74. The van der Waals surface area contributed by atoms with Crippen LogP contribution in [-0.2, 0) is 9.31 Å². The van der Waals surface area contributed by atoms with Crippen LogP contribution in [0.2, 0.25) is 0 Å². The Morgan fingerprint density at radius 2 is 1.56 bits per heavy atom. The summed E-state index contributed by atoms with van der Waals surface area (Å²) < 4.78 is 38.5. The minimum absolute atomic E-state index is 0.00819. The van der Waals surface area contributed by atoms with Gasteiger partial charge in [-0.15, -0.1) is 0 Å². The molecule has 1 saturated heterocycles. The van der Waals surface area contributed by atoms with E-state index in [1.807, 2.05) is 27.7 Å². The second kappa shape index (κ2) is 3.93. The molecule has 0 aromatic heterocycles. The van der Waals surface area contributed by atoms with E-state index in [4.69, 9.17) is 15.0 Å². The summed E-state index contributed by atoms with van der Waals surface area (Å²) in [5.74, 6) is -1.31. The third-order valence-corrected chi connectivity index (χ3v) is 3.60. The Labute approximate surface area is 105 Å². The molecular formula is C12H16BF2NO2. The average Bonchev–Trinajstić information content (AvgIpc) is 2.42. The summed E-state index contributed by atoms with van der Waals surface area (Å²) >= 11 is 0. The maximum Gasteiger partial charge on any atom is 0.498 e. The standard InChI is InChI=1S/C12H16BF2NO2/c1-11(2)12(3,4)18-13(17-11)8-5-7(14)6-9(16)10(8)15/h5-6H,16H2,1-4H3. The smallest absolute Gasteiger partial charge is 0.399 e. The molecule has 6 heteroatoms. The van der Waals surface area contributed by atoms with Gasteiger partial charge in [-0.05, 0) is 39.8 Å². The van der Waals surface area contributed by atoms with E-state index in [9.17, 15) is 8.78 Å². The minimum atomic E-state index is -0.951. The van der Waals surface area contributed by atoms with Crippen molar-refractivity contribution in [2.75, 3.05) is 5.73 Å². The van der Waals surface area contributed by atoms with Crippen molar-refractivity contribution in [2.24, 2.45) is 0 Å². The molecular weight excluding hydrogens is 239 g/mol. The molecule has 1 heterocycles. The lowest BCUT2D eigenvalue weighted by atomic mass is 9.78. The molecule has 0 amide bonds. The third kappa shape index (κ3) is 1.99. The number of halogens is 2. The van der Waals surface area contributed by atoms with E-state index >= 15 is 0 Å². The van der Waals surface area contributed by atoms with Gasteiger partial charge in [0.1, 0.15) is 11.6 Å². The van der Waals surface area contributed by atoms with Crippen molar-refractivity contribution in [3.63, 3.8) is 0 Å². The number of hydrogen-bond donors (Lipinski definition) is 1. The summed E-state index contributed by atoms with van der Waals surface area (Å²) in [7, 11) is -0.951. The topological polar surface area (TPSA) is 44.5 Å². The first-order valence-corrected chi connectivity index (χ1v) is 5.74. The van der Waals surface area contributed by atoms with Gasteiger partial charge in [-0.3, -0.25) is 0 Å². The van der Waals surface area contributed by atoms with Crippen molar-refractivity contribution < 1.29 is 18.1 Å². The molecule has 2 N–H and O–H groups in total. The second-order valence-corrected chi connectivity index (χ2v) is 5.49. The molecule has 3 nitrogen and oxygen atoms in total. The summed E-state index contributed by atoms with van der Waals surface area (Å²) in [5.41, 5.74) is 3.93. The lowest BCUT2D eigenvalue weighted by Crippen LogP contribution is -2.41. The van der Waals surface area contributed by atoms with Crippen LogP contribution in [0.3, 0.4) is 0 Å². The first-order chi connectivity index (χ1) is 8.14. The van der Waals surface area contributed by atoms with Crippen molar-refractivity contribution in [1.29, 1.82) is 0 Å². The third-order valence-electron chi connectivity index (χ3n) is 3.60. The van der Waals surface area contributed by atoms with E-state index in [1.54, 1.807) is 0 Å². The summed E-state index contributed by atoms with van der Waals surface area (Å²) in [4.78, 5) is 0. The molecule has 2 rings (SSSR count). The van der Waals surface area contributed by atoms with Gasteiger partial charge in [0.05, 0.1) is 16.9 Å². The maximum absolute atomic E-state index is 13.9. The van der Waals surface area contributed by atoms with Crippen LogP contribution in [-0.4, -0.2) is 18.3 Å². The highest BCUT2D eigenvalue weighted by atomic mass is 19.1. The lowest BCUT2D eigenvalue weighted by Gasteiger charge is -2.32. The molecule has 0 aliphatic carbocycles. The fourth-order valence-corrected chi connectivity index (χ4v) is 1.77. The molecule has 1 fully saturated rings. The molecule has 0 unspecified atom stereocenters. The van der Waals surface area contributed by atoms with E-state index in [-0.39, 0.29) is 11.2 Å². The first kappa shape index (κ1) is 13.3. The highest BCUT2D eigenvalue weighted by Crippen LogP contribution is 2.36. The molecule has 0 spiro atoms. The summed E-state index contributed by atoms with van der Waals surface area (Å²) in [6, 6.07) is 1.98. The Kier molecular flexibility index (Phi) is 2.90. The van der Waals surface area contributed by atoms with E-state index in [0.29, 0.717) is 0 Å². The van der Waals surface area contributed by atoms with Crippen molar-refractivity contribution in [3.8, 4) is 0 Å². The highest BCUT2D eigenvalue weighted by molar-refractivity contribution is 6.62. The number of benzene rings is 1. The van der Waals surface area contributed by atoms with Gasteiger partial charge in [0.15, 0.2) is 0 Å². The van der Waals surface area contributed by atoms with Gasteiger partial charge in [-0.1, -0.05) is 0 Å². The fraction of sp³-hybridized carbons (Fsp3) is 0.500. The molecule has 0 atom stereocenters. The molecule has 0 saturated carbocycles. The second-order valence-electron chi connectivity index (χ2n) is 5.49. The molecule has 1 aliphatic heterocycles. The van der Waals surface area contributed by atoms with Gasteiger partial charge in [0.25, 0.3) is 0 Å². The van der Waals surface area contributed by atoms with Crippen LogP contribution in [0.4, 0.5) is 14.5 Å². The Bertz CT molecular complexity index is 475. The van der Waals surface area contributed by atoms with Gasteiger partial charge in [-0.25, -0.2) is 8.78 Å². The minimum Gasteiger partial charge on any atom is -0.399 e. The maximum atomic E-state index is 13.9. The van der Waals surface area contributed by atoms with Crippen molar-refractivity contribution in [3.05, 3.63) is 23.8 Å². The molecule has 1 aromatic carbocycles. The Morgan fingerprint density at radius 3 is 2.06 bits per heavy atom.